The molecule has 1 heterocycles. The lowest BCUT2D eigenvalue weighted by Gasteiger charge is -2.37. The van der Waals surface area contributed by atoms with Crippen molar-refractivity contribution in [3.8, 4) is 0 Å². The average molecular weight is 466 g/mol. The van der Waals surface area contributed by atoms with E-state index in [4.69, 9.17) is 9.47 Å². The number of ether oxygens (including phenoxy) is 2. The van der Waals surface area contributed by atoms with Crippen LogP contribution in [0.25, 0.3) is 0 Å². The molecule has 7 nitrogen and oxygen atoms in total. The van der Waals surface area contributed by atoms with Crippen molar-refractivity contribution in [3.63, 3.8) is 0 Å². The minimum Gasteiger partial charge on any atom is -0.434 e. The molecule has 0 aromatic heterocycles. The van der Waals surface area contributed by atoms with Crippen LogP contribution in [0, 0.1) is 0 Å². The minimum atomic E-state index is -5.11. The number of piperazine rings is 1. The Morgan fingerprint density at radius 3 is 2.35 bits per heavy atom. The summed E-state index contributed by atoms with van der Waals surface area (Å²) in [5.74, 6) is -1.26. The number of halogens is 3. The van der Waals surface area contributed by atoms with Crippen LogP contribution >= 0.6 is 11.2 Å². The van der Waals surface area contributed by atoms with E-state index < -0.39 is 34.7 Å². The van der Waals surface area contributed by atoms with Gasteiger partial charge in [0.2, 0.25) is 17.3 Å². The van der Waals surface area contributed by atoms with Gasteiger partial charge in [-0.25, -0.2) is 4.79 Å². The van der Waals surface area contributed by atoms with Crippen LogP contribution in [0.15, 0.2) is 24.3 Å². The van der Waals surface area contributed by atoms with Gasteiger partial charge in [0, 0.05) is 44.5 Å². The lowest BCUT2D eigenvalue weighted by atomic mass is 10.1. The Hall–Kier alpha value is -2.14. The molecule has 2 rings (SSSR count). The first-order valence-electron chi connectivity index (χ1n) is 9.88. The zero-order valence-corrected chi connectivity index (χ0v) is 19.0. The number of nitrogens with one attached hydrogen (secondary N) is 1. The first-order valence-corrected chi connectivity index (χ1v) is 11.4. The van der Waals surface area contributed by atoms with Crippen molar-refractivity contribution in [1.29, 1.82) is 0 Å². The highest BCUT2D eigenvalue weighted by molar-refractivity contribution is 8.20. The molecular weight excluding hydrogens is 435 g/mol. The zero-order valence-electron chi connectivity index (χ0n) is 18.2. The van der Waals surface area contributed by atoms with E-state index in [1.54, 1.807) is 43.9 Å². The normalized spacial score (nSPS) is 16.6. The van der Waals surface area contributed by atoms with E-state index >= 15 is 0 Å². The highest BCUT2D eigenvalue weighted by Gasteiger charge is 2.31. The Bertz CT molecular complexity index is 763. The minimum absolute atomic E-state index is 0.0710. The molecule has 1 aromatic rings. The first-order chi connectivity index (χ1) is 14.4. The number of amides is 2. The van der Waals surface area contributed by atoms with Crippen molar-refractivity contribution < 1.29 is 30.7 Å². The summed E-state index contributed by atoms with van der Waals surface area (Å²) >= 11 is -5.11. The lowest BCUT2D eigenvalue weighted by molar-refractivity contribution is -0.143. The predicted octanol–water partition coefficient (Wildman–Crippen LogP) is 3.83. The lowest BCUT2D eigenvalue weighted by Crippen LogP contribution is -2.54. The number of anilines is 1. The van der Waals surface area contributed by atoms with Crippen LogP contribution in [0.2, 0.25) is 0 Å². The van der Waals surface area contributed by atoms with Gasteiger partial charge in [-0.05, 0) is 38.5 Å². The van der Waals surface area contributed by atoms with E-state index in [2.05, 4.69) is 5.32 Å². The highest BCUT2D eigenvalue weighted by atomic mass is 32.3. The maximum atomic E-state index is 12.8. The number of rotatable bonds is 7. The topological polar surface area (TPSA) is 71.1 Å². The Morgan fingerprint density at radius 1 is 1.16 bits per heavy atom. The third-order valence-electron chi connectivity index (χ3n) is 4.52. The molecule has 1 aromatic carbocycles. The molecule has 0 radical (unpaired) electrons. The second-order valence-corrected chi connectivity index (χ2v) is 9.65. The summed E-state index contributed by atoms with van der Waals surface area (Å²) in [4.78, 5) is 28.4. The summed E-state index contributed by atoms with van der Waals surface area (Å²) in [7, 11) is 1.42. The van der Waals surface area contributed by atoms with Gasteiger partial charge in [-0.3, -0.25) is 4.79 Å². The van der Waals surface area contributed by atoms with Crippen LogP contribution in [0.4, 0.5) is 22.1 Å². The fraction of sp³-hybridized carbons (Fsp3) is 0.600. The van der Waals surface area contributed by atoms with E-state index in [-0.39, 0.29) is 18.1 Å². The fourth-order valence-electron chi connectivity index (χ4n) is 3.19. The second kappa shape index (κ2) is 10.4. The number of hydrogen-bond acceptors (Lipinski definition) is 5. The van der Waals surface area contributed by atoms with Crippen LogP contribution in [0.5, 0.6) is 0 Å². The number of nitrogens with zero attached hydrogens (tertiary/aromatic N) is 2. The van der Waals surface area contributed by atoms with Crippen LogP contribution < -0.4 is 10.2 Å². The molecular formula is C20H30F3N3O4S. The fourth-order valence-corrected chi connectivity index (χ4v) is 3.75. The van der Waals surface area contributed by atoms with Gasteiger partial charge in [0.1, 0.15) is 0 Å². The SMILES string of the molecule is COC[C@H](OC(=O)NC(C)(C)C)C(=O)N1CCN(c2cccc(CS(F)(F)F)c2)CC1. The molecule has 1 fully saturated rings. The summed E-state index contributed by atoms with van der Waals surface area (Å²) in [6.45, 7) is 6.96. The van der Waals surface area contributed by atoms with Gasteiger partial charge in [0.15, 0.2) is 0 Å². The molecule has 1 atom stereocenters. The second-order valence-electron chi connectivity index (χ2n) is 8.35. The Balaban J connectivity index is 1.96. The molecule has 0 spiro atoms. The standard InChI is InChI=1S/C20H30F3N3O4S/c1-20(2,3)24-19(28)30-17(13-29-4)18(27)26-10-8-25(9-11-26)16-7-5-6-15(12-16)14-31(21,22)23/h5-7,12,17H,8-11,13-14H2,1-4H3,(H,24,28)/t17-/m0/s1. The average Bonchev–Trinajstić information content (AvgIpc) is 2.64. The molecule has 31 heavy (non-hydrogen) atoms. The van der Waals surface area contributed by atoms with Crippen LogP contribution in [0.3, 0.4) is 0 Å². The smallest absolute Gasteiger partial charge is 0.408 e. The van der Waals surface area contributed by atoms with E-state index in [1.165, 1.54) is 13.2 Å². The summed E-state index contributed by atoms with van der Waals surface area (Å²) in [6, 6.07) is 6.40. The van der Waals surface area contributed by atoms with Gasteiger partial charge < -0.3 is 24.6 Å². The van der Waals surface area contributed by atoms with Crippen molar-refractivity contribution in [3.05, 3.63) is 29.8 Å². The van der Waals surface area contributed by atoms with Crippen molar-refractivity contribution in [2.75, 3.05) is 44.8 Å². The summed E-state index contributed by atoms with van der Waals surface area (Å²) in [5, 5.41) is 2.64. The summed E-state index contributed by atoms with van der Waals surface area (Å²) in [5.41, 5.74) is 0.422. The summed E-state index contributed by atoms with van der Waals surface area (Å²) < 4.78 is 48.6. The molecule has 1 saturated heterocycles. The van der Waals surface area contributed by atoms with E-state index in [0.717, 1.165) is 0 Å². The monoisotopic (exact) mass is 465 g/mol. The van der Waals surface area contributed by atoms with Gasteiger partial charge in [0.25, 0.3) is 5.91 Å². The van der Waals surface area contributed by atoms with E-state index in [0.29, 0.717) is 31.9 Å². The number of carbonyl (C=O) groups excluding carboxylic acids is 2. The molecule has 11 heteroatoms. The van der Waals surface area contributed by atoms with Gasteiger partial charge >= 0.3 is 6.09 Å². The molecule has 176 valence electrons. The highest BCUT2D eigenvalue weighted by Crippen LogP contribution is 2.56. The maximum Gasteiger partial charge on any atom is 0.408 e. The number of methoxy groups -OCH3 is 1. The van der Waals surface area contributed by atoms with Gasteiger partial charge in [0.05, 0.1) is 12.4 Å². The number of alkyl carbamates (subject to hydrolysis) is 1. The Labute approximate surface area is 183 Å². The van der Waals surface area contributed by atoms with Crippen molar-refractivity contribution in [1.82, 2.24) is 10.2 Å². The van der Waals surface area contributed by atoms with E-state index in [1.807, 2.05) is 4.90 Å². The molecule has 2 amide bonds. The number of carbonyl (C=O) groups is 2. The predicted molar refractivity (Wildman–Crippen MR) is 115 cm³/mol. The van der Waals surface area contributed by atoms with Crippen LogP contribution in [0.1, 0.15) is 26.3 Å². The largest absolute Gasteiger partial charge is 0.434 e. The molecule has 0 saturated carbocycles. The molecule has 1 aliphatic rings. The van der Waals surface area contributed by atoms with Crippen molar-refractivity contribution in [2.24, 2.45) is 0 Å². The third-order valence-corrected chi connectivity index (χ3v) is 5.18. The Morgan fingerprint density at radius 2 is 1.81 bits per heavy atom. The van der Waals surface area contributed by atoms with E-state index in [9.17, 15) is 21.2 Å². The molecule has 0 bridgehead atoms. The molecule has 1 aliphatic heterocycles. The third kappa shape index (κ3) is 8.48. The quantitative estimate of drug-likeness (QED) is 0.663. The van der Waals surface area contributed by atoms with Crippen LogP contribution in [-0.2, 0) is 20.0 Å². The summed E-state index contributed by atoms with van der Waals surface area (Å²) in [6.07, 6.45) is -1.78. The number of hydrogen-bond donors (Lipinski definition) is 1. The molecule has 0 unspecified atom stereocenters. The first kappa shape index (κ1) is 25.1. The van der Waals surface area contributed by atoms with Crippen LogP contribution in [-0.4, -0.2) is 68.4 Å². The van der Waals surface area contributed by atoms with Gasteiger partial charge in [-0.2, -0.15) is 0 Å². The van der Waals surface area contributed by atoms with Gasteiger partial charge in [-0.15, -0.1) is 11.7 Å². The van der Waals surface area contributed by atoms with Crippen molar-refractivity contribution >= 4 is 28.9 Å². The zero-order chi connectivity index (χ0) is 23.2. The number of benzene rings is 1. The van der Waals surface area contributed by atoms with Gasteiger partial charge in [-0.1, -0.05) is 12.1 Å². The maximum absolute atomic E-state index is 12.8. The Kier molecular flexibility index (Phi) is 8.47. The van der Waals surface area contributed by atoms with Crippen molar-refractivity contribution in [2.45, 2.75) is 38.2 Å². The molecule has 1 N–H and O–H groups in total. The molecule has 0 aliphatic carbocycles.